The maximum atomic E-state index is 12.0. The first-order valence-corrected chi connectivity index (χ1v) is 6.49. The Morgan fingerprint density at radius 3 is 2.21 bits per heavy atom. The van der Waals surface area contributed by atoms with Gasteiger partial charge in [0.25, 0.3) is 0 Å². The Morgan fingerprint density at radius 2 is 1.74 bits per heavy atom. The van der Waals surface area contributed by atoms with E-state index in [1.807, 2.05) is 24.3 Å². The number of Topliss-reactive ketones (excluding diaryl/α,β-unsaturated/α-hetero) is 1. The van der Waals surface area contributed by atoms with Gasteiger partial charge in [0.1, 0.15) is 5.75 Å². The summed E-state index contributed by atoms with van der Waals surface area (Å²) in [5.41, 5.74) is 0.771. The zero-order chi connectivity index (χ0) is 13.6. The van der Waals surface area contributed by atoms with E-state index < -0.39 is 0 Å². The van der Waals surface area contributed by atoms with Gasteiger partial charge < -0.3 is 33.2 Å². The second-order valence-electron chi connectivity index (χ2n) is 5.56. The van der Waals surface area contributed by atoms with Gasteiger partial charge in [-0.3, -0.25) is 4.79 Å². The molecule has 0 amide bonds. The molecule has 0 radical (unpaired) electrons. The van der Waals surface area contributed by atoms with Crippen molar-refractivity contribution in [2.24, 2.45) is 0 Å². The van der Waals surface area contributed by atoms with E-state index >= 15 is 0 Å². The molecule has 0 atom stereocenters. The van der Waals surface area contributed by atoms with Crippen LogP contribution in [-0.4, -0.2) is 44.6 Å². The van der Waals surface area contributed by atoms with Gasteiger partial charge in [0, 0.05) is 5.56 Å². The highest BCUT2D eigenvalue weighted by atomic mass is 127. The quantitative estimate of drug-likeness (QED) is 0.373. The minimum absolute atomic E-state index is 0. The zero-order valence-electron chi connectivity index (χ0n) is 12.3. The van der Waals surface area contributed by atoms with E-state index in [1.54, 1.807) is 0 Å². The van der Waals surface area contributed by atoms with Crippen LogP contribution in [0.4, 0.5) is 0 Å². The molecule has 0 bridgehead atoms. The first-order chi connectivity index (χ1) is 8.42. The van der Waals surface area contributed by atoms with Gasteiger partial charge in [-0.25, -0.2) is 0 Å². The summed E-state index contributed by atoms with van der Waals surface area (Å²) in [5.74, 6) is 1.03. The molecule has 0 aliphatic carbocycles. The highest BCUT2D eigenvalue weighted by Crippen LogP contribution is 2.14. The van der Waals surface area contributed by atoms with Crippen molar-refractivity contribution in [3.63, 3.8) is 0 Å². The molecule has 4 heteroatoms. The lowest BCUT2D eigenvalue weighted by atomic mass is 10.1. The predicted molar refractivity (Wildman–Crippen MR) is 74.1 cm³/mol. The molecule has 3 nitrogen and oxygen atoms in total. The first kappa shape index (κ1) is 18.4. The van der Waals surface area contributed by atoms with E-state index in [9.17, 15) is 4.79 Å². The summed E-state index contributed by atoms with van der Waals surface area (Å²) in [6.07, 6.45) is 1.57. The number of quaternary nitrogens is 1. The molecular weight excluding hydrogens is 353 g/mol. The summed E-state index contributed by atoms with van der Waals surface area (Å²) in [6, 6.07) is 7.44. The molecule has 0 saturated carbocycles. The van der Waals surface area contributed by atoms with Crippen LogP contribution < -0.4 is 28.7 Å². The Morgan fingerprint density at radius 1 is 1.16 bits per heavy atom. The highest BCUT2D eigenvalue weighted by Gasteiger charge is 2.12. The smallest absolute Gasteiger partial charge is 0.168 e. The van der Waals surface area contributed by atoms with Gasteiger partial charge >= 0.3 is 0 Å². The molecule has 0 aromatic heterocycles. The van der Waals surface area contributed by atoms with Crippen LogP contribution in [0.25, 0.3) is 0 Å². The van der Waals surface area contributed by atoms with Crippen LogP contribution in [0, 0.1) is 0 Å². The van der Waals surface area contributed by atoms with E-state index in [-0.39, 0.29) is 29.8 Å². The topological polar surface area (TPSA) is 26.3 Å². The van der Waals surface area contributed by atoms with E-state index in [1.165, 1.54) is 0 Å². The number of hydrogen-bond donors (Lipinski definition) is 0. The monoisotopic (exact) mass is 377 g/mol. The molecule has 1 aromatic carbocycles. The van der Waals surface area contributed by atoms with Crippen LogP contribution in [0.15, 0.2) is 24.3 Å². The minimum atomic E-state index is 0. The fourth-order valence-electron chi connectivity index (χ4n) is 1.54. The lowest BCUT2D eigenvalue weighted by molar-refractivity contribution is -0.869. The fraction of sp³-hybridized carbons (Fsp3) is 0.533. The molecule has 0 N–H and O–H groups in total. The van der Waals surface area contributed by atoms with E-state index in [2.05, 4.69) is 28.1 Å². The van der Waals surface area contributed by atoms with Crippen LogP contribution in [0.5, 0.6) is 5.75 Å². The van der Waals surface area contributed by atoms with Crippen LogP contribution >= 0.6 is 0 Å². The summed E-state index contributed by atoms with van der Waals surface area (Å²) < 4.78 is 6.30. The SMILES string of the molecule is CCCOc1ccc(C(=O)CC[N+](C)(C)C)cc1.[I-]. The number of carbonyl (C=O) groups is 1. The van der Waals surface area contributed by atoms with Crippen molar-refractivity contribution in [3.05, 3.63) is 29.8 Å². The second-order valence-corrected chi connectivity index (χ2v) is 5.56. The van der Waals surface area contributed by atoms with Crippen LogP contribution in [0.2, 0.25) is 0 Å². The Hall–Kier alpha value is -0.620. The third kappa shape index (κ3) is 7.52. The van der Waals surface area contributed by atoms with E-state index in [4.69, 9.17) is 4.74 Å². The molecule has 0 unspecified atom stereocenters. The number of halogens is 1. The predicted octanol–water partition coefficient (Wildman–Crippen LogP) is -0.242. The number of nitrogens with zero attached hydrogens (tertiary/aromatic N) is 1. The highest BCUT2D eigenvalue weighted by molar-refractivity contribution is 5.96. The van der Waals surface area contributed by atoms with Gasteiger partial charge in [-0.05, 0) is 30.7 Å². The molecule has 0 aliphatic heterocycles. The number of rotatable bonds is 7. The fourth-order valence-corrected chi connectivity index (χ4v) is 1.54. The van der Waals surface area contributed by atoms with Crippen LogP contribution in [0.1, 0.15) is 30.1 Å². The van der Waals surface area contributed by atoms with Crippen molar-refractivity contribution in [2.45, 2.75) is 19.8 Å². The number of carbonyl (C=O) groups excluding carboxylic acids is 1. The Kier molecular flexibility index (Phi) is 8.25. The van der Waals surface area contributed by atoms with Crippen molar-refractivity contribution in [1.29, 1.82) is 0 Å². The third-order valence-corrected chi connectivity index (χ3v) is 2.66. The van der Waals surface area contributed by atoms with Gasteiger partial charge in [0.2, 0.25) is 0 Å². The molecule has 0 saturated heterocycles. The molecule has 0 aliphatic rings. The van der Waals surface area contributed by atoms with Gasteiger partial charge in [-0.15, -0.1) is 0 Å². The standard InChI is InChI=1S/C15H24NO2.HI/c1-5-12-18-14-8-6-13(7-9-14)15(17)10-11-16(2,3)4;/h6-9H,5,10-12H2,1-4H3;1H/q+1;/p-1. The van der Waals surface area contributed by atoms with Crippen LogP contribution in [-0.2, 0) is 0 Å². The maximum absolute atomic E-state index is 12.0. The Balaban J connectivity index is 0.00000324. The number of benzene rings is 1. The summed E-state index contributed by atoms with van der Waals surface area (Å²) in [4.78, 5) is 12.0. The molecule has 0 fully saturated rings. The van der Waals surface area contributed by atoms with Crippen molar-refractivity contribution in [2.75, 3.05) is 34.3 Å². The zero-order valence-corrected chi connectivity index (χ0v) is 14.4. The lowest BCUT2D eigenvalue weighted by Gasteiger charge is -2.23. The lowest BCUT2D eigenvalue weighted by Crippen LogP contribution is -3.00. The van der Waals surface area contributed by atoms with Crippen molar-refractivity contribution in [3.8, 4) is 5.75 Å². The van der Waals surface area contributed by atoms with Gasteiger partial charge in [0.05, 0.1) is 40.7 Å². The van der Waals surface area contributed by atoms with Crippen molar-refractivity contribution >= 4 is 5.78 Å². The van der Waals surface area contributed by atoms with Gasteiger partial charge in [-0.2, -0.15) is 0 Å². The summed E-state index contributed by atoms with van der Waals surface area (Å²) in [5, 5.41) is 0. The second kappa shape index (κ2) is 8.53. The van der Waals surface area contributed by atoms with E-state index in [0.717, 1.165) is 35.4 Å². The molecule has 0 heterocycles. The summed E-state index contributed by atoms with van der Waals surface area (Å²) in [6.45, 7) is 3.64. The Labute approximate surface area is 133 Å². The molecule has 1 rings (SSSR count). The average molecular weight is 377 g/mol. The Bertz CT molecular complexity index is 382. The molecule has 19 heavy (non-hydrogen) atoms. The third-order valence-electron chi connectivity index (χ3n) is 2.66. The number of ketones is 1. The maximum Gasteiger partial charge on any atom is 0.168 e. The first-order valence-electron chi connectivity index (χ1n) is 6.49. The minimum Gasteiger partial charge on any atom is -1.00 e. The number of ether oxygens (including phenoxy) is 1. The van der Waals surface area contributed by atoms with Crippen molar-refractivity contribution < 1.29 is 38.0 Å². The molecular formula is C15H24INO2. The van der Waals surface area contributed by atoms with Gasteiger partial charge in [-0.1, -0.05) is 6.92 Å². The molecule has 1 aromatic rings. The van der Waals surface area contributed by atoms with E-state index in [0.29, 0.717) is 6.42 Å². The summed E-state index contributed by atoms with van der Waals surface area (Å²) in [7, 11) is 6.28. The molecule has 108 valence electrons. The normalized spacial score (nSPS) is 10.7. The average Bonchev–Trinajstić information content (AvgIpc) is 2.33. The number of hydrogen-bond acceptors (Lipinski definition) is 2. The van der Waals surface area contributed by atoms with Crippen LogP contribution in [0.3, 0.4) is 0 Å². The molecule has 0 spiro atoms. The van der Waals surface area contributed by atoms with Gasteiger partial charge in [0.15, 0.2) is 5.78 Å². The van der Waals surface area contributed by atoms with Crippen molar-refractivity contribution in [1.82, 2.24) is 0 Å². The largest absolute Gasteiger partial charge is 1.00 e. The summed E-state index contributed by atoms with van der Waals surface area (Å²) >= 11 is 0.